The average molecular weight is 515 g/mol. The molecule has 0 fully saturated rings. The second kappa shape index (κ2) is 14.2. The lowest BCUT2D eigenvalue weighted by molar-refractivity contribution is -0.129. The van der Waals surface area contributed by atoms with E-state index in [2.05, 4.69) is 29.1 Å². The lowest BCUT2D eigenvalue weighted by atomic mass is 9.95. The van der Waals surface area contributed by atoms with Crippen LogP contribution in [0.25, 0.3) is 0 Å². The van der Waals surface area contributed by atoms with E-state index in [0.717, 1.165) is 22.3 Å². The van der Waals surface area contributed by atoms with Crippen LogP contribution in [0.4, 0.5) is 4.79 Å². The molecule has 0 bridgehead atoms. The van der Waals surface area contributed by atoms with Crippen molar-refractivity contribution >= 4 is 17.9 Å². The summed E-state index contributed by atoms with van der Waals surface area (Å²) in [7, 11) is 0. The molecule has 0 saturated heterocycles. The number of phenols is 1. The Hall–Kier alpha value is -3.59. The minimum atomic E-state index is -1.02. The number of nitrogens with one attached hydrogen (secondary N) is 3. The van der Waals surface area contributed by atoms with E-state index >= 15 is 0 Å². The SMILES string of the molecule is C=C/C=C\C(=C)CC(N)CNC(=O)C(C)NC(=O)C(Cc1c(C)cc(O)cc1C)NC(=O)OC(C)(C)C. The van der Waals surface area contributed by atoms with Gasteiger partial charge in [-0.3, -0.25) is 9.59 Å². The fourth-order valence-corrected chi connectivity index (χ4v) is 3.60. The van der Waals surface area contributed by atoms with E-state index < -0.39 is 35.6 Å². The van der Waals surface area contributed by atoms with Crippen molar-refractivity contribution in [2.75, 3.05) is 6.54 Å². The van der Waals surface area contributed by atoms with E-state index in [0.29, 0.717) is 6.42 Å². The Morgan fingerprint density at radius 1 is 1.14 bits per heavy atom. The smallest absolute Gasteiger partial charge is 0.408 e. The number of benzene rings is 1. The highest BCUT2D eigenvalue weighted by molar-refractivity contribution is 5.91. The maximum atomic E-state index is 13.2. The molecule has 0 aliphatic rings. The molecule has 0 radical (unpaired) electrons. The highest BCUT2D eigenvalue weighted by Crippen LogP contribution is 2.22. The number of phenolic OH excluding ortho intramolecular Hbond substituents is 1. The molecule has 9 heteroatoms. The number of amides is 3. The third-order valence-corrected chi connectivity index (χ3v) is 5.38. The summed E-state index contributed by atoms with van der Waals surface area (Å²) in [6.07, 6.45) is 5.07. The molecule has 3 unspecified atom stereocenters. The van der Waals surface area contributed by atoms with Crippen molar-refractivity contribution in [2.24, 2.45) is 5.73 Å². The predicted molar refractivity (Wildman–Crippen MR) is 146 cm³/mol. The number of hydrogen-bond donors (Lipinski definition) is 5. The standard InChI is InChI=1S/C28H42N4O5/c1-9-10-11-17(2)12-21(29)16-30-25(34)20(5)31-26(35)24(32-27(36)37-28(6,7)8)15-23-18(3)13-22(33)14-19(23)4/h9-11,13-14,20-21,24,33H,1-2,12,15-16,29H2,3-8H3,(H,30,34)(H,31,35)(H,32,36)/b11-10-. The van der Waals surface area contributed by atoms with Gasteiger partial charge in [0.1, 0.15) is 23.4 Å². The summed E-state index contributed by atoms with van der Waals surface area (Å²) in [5, 5.41) is 17.9. The Kier molecular flexibility index (Phi) is 12.1. The zero-order chi connectivity index (χ0) is 28.3. The Morgan fingerprint density at radius 3 is 2.27 bits per heavy atom. The van der Waals surface area contributed by atoms with E-state index in [-0.39, 0.29) is 24.8 Å². The van der Waals surface area contributed by atoms with Crippen LogP contribution in [0.2, 0.25) is 0 Å². The highest BCUT2D eigenvalue weighted by Gasteiger charge is 2.28. The molecule has 1 aromatic carbocycles. The lowest BCUT2D eigenvalue weighted by Gasteiger charge is -2.25. The van der Waals surface area contributed by atoms with Crippen LogP contribution in [0.3, 0.4) is 0 Å². The molecule has 1 aromatic rings. The molecule has 1 rings (SSSR count). The number of rotatable bonds is 12. The molecule has 3 amide bonds. The molecule has 3 atom stereocenters. The minimum absolute atomic E-state index is 0.114. The van der Waals surface area contributed by atoms with E-state index in [4.69, 9.17) is 10.5 Å². The largest absolute Gasteiger partial charge is 0.508 e. The van der Waals surface area contributed by atoms with Gasteiger partial charge >= 0.3 is 6.09 Å². The number of nitrogens with two attached hydrogens (primary N) is 1. The normalized spacial score (nSPS) is 13.8. The summed E-state index contributed by atoms with van der Waals surface area (Å²) in [5.74, 6) is -0.847. The maximum Gasteiger partial charge on any atom is 0.408 e. The maximum absolute atomic E-state index is 13.2. The summed E-state index contributed by atoms with van der Waals surface area (Å²) < 4.78 is 5.33. The van der Waals surface area contributed by atoms with E-state index in [1.807, 2.05) is 13.8 Å². The molecule has 0 spiro atoms. The van der Waals surface area contributed by atoms with Gasteiger partial charge in [0, 0.05) is 19.0 Å². The van der Waals surface area contributed by atoms with Gasteiger partial charge in [0.2, 0.25) is 11.8 Å². The summed E-state index contributed by atoms with van der Waals surface area (Å²) in [6, 6.07) is 0.927. The zero-order valence-electron chi connectivity index (χ0n) is 22.8. The van der Waals surface area contributed by atoms with Crippen molar-refractivity contribution in [1.82, 2.24) is 16.0 Å². The number of aromatic hydroxyl groups is 1. The first-order valence-electron chi connectivity index (χ1n) is 12.2. The lowest BCUT2D eigenvalue weighted by Crippen LogP contribution is -2.54. The topological polar surface area (TPSA) is 143 Å². The van der Waals surface area contributed by atoms with Crippen LogP contribution >= 0.6 is 0 Å². The number of allylic oxidation sites excluding steroid dienone is 3. The Morgan fingerprint density at radius 2 is 1.73 bits per heavy atom. The highest BCUT2D eigenvalue weighted by atomic mass is 16.6. The van der Waals surface area contributed by atoms with Crippen molar-refractivity contribution in [3.63, 3.8) is 0 Å². The van der Waals surface area contributed by atoms with Crippen LogP contribution in [0.1, 0.15) is 50.8 Å². The Balaban J connectivity index is 2.90. The van der Waals surface area contributed by atoms with Crippen LogP contribution < -0.4 is 21.7 Å². The van der Waals surface area contributed by atoms with Crippen LogP contribution in [-0.2, 0) is 20.7 Å². The molecule has 0 aliphatic carbocycles. The summed E-state index contributed by atoms with van der Waals surface area (Å²) in [6.45, 7) is 18.0. The van der Waals surface area contributed by atoms with Crippen LogP contribution in [0.5, 0.6) is 5.75 Å². The number of carbonyl (C=O) groups is 3. The fourth-order valence-electron chi connectivity index (χ4n) is 3.60. The van der Waals surface area contributed by atoms with Crippen molar-refractivity contribution in [2.45, 2.75) is 78.1 Å². The predicted octanol–water partition coefficient (Wildman–Crippen LogP) is 3.08. The van der Waals surface area contributed by atoms with E-state index in [1.165, 1.54) is 0 Å². The minimum Gasteiger partial charge on any atom is -0.508 e. The quantitative estimate of drug-likeness (QED) is 0.271. The van der Waals surface area contributed by atoms with Gasteiger partial charge in [-0.1, -0.05) is 37.0 Å². The number of aryl methyl sites for hydroxylation is 2. The van der Waals surface area contributed by atoms with E-state index in [1.54, 1.807) is 58.1 Å². The van der Waals surface area contributed by atoms with Crippen molar-refractivity contribution in [3.8, 4) is 5.75 Å². The van der Waals surface area contributed by atoms with Crippen LogP contribution in [0, 0.1) is 13.8 Å². The van der Waals surface area contributed by atoms with Crippen LogP contribution in [0.15, 0.2) is 49.1 Å². The number of ether oxygens (including phenoxy) is 1. The van der Waals surface area contributed by atoms with Gasteiger partial charge in [0.15, 0.2) is 0 Å². The third-order valence-electron chi connectivity index (χ3n) is 5.38. The second-order valence-corrected chi connectivity index (χ2v) is 10.2. The first-order valence-corrected chi connectivity index (χ1v) is 12.2. The zero-order valence-corrected chi connectivity index (χ0v) is 22.8. The fraction of sp³-hybridized carbons (Fsp3) is 0.464. The van der Waals surface area contributed by atoms with Gasteiger partial charge in [-0.2, -0.15) is 0 Å². The second-order valence-electron chi connectivity index (χ2n) is 10.2. The molecule has 6 N–H and O–H groups in total. The van der Waals surface area contributed by atoms with Gasteiger partial charge in [0.05, 0.1) is 0 Å². The number of alkyl carbamates (subject to hydrolysis) is 1. The van der Waals surface area contributed by atoms with Gasteiger partial charge in [0.25, 0.3) is 0 Å². The monoisotopic (exact) mass is 514 g/mol. The van der Waals surface area contributed by atoms with Gasteiger partial charge in [-0.25, -0.2) is 4.79 Å². The van der Waals surface area contributed by atoms with Gasteiger partial charge in [-0.05, 0) is 76.8 Å². The number of carbonyl (C=O) groups excluding carboxylic acids is 3. The molecule has 0 heterocycles. The van der Waals surface area contributed by atoms with Gasteiger partial charge < -0.3 is 31.5 Å². The molecule has 0 aliphatic heterocycles. The Bertz CT molecular complexity index is 1000. The Labute approximate surface area is 220 Å². The van der Waals surface area contributed by atoms with E-state index in [9.17, 15) is 19.5 Å². The van der Waals surface area contributed by atoms with Crippen molar-refractivity contribution in [1.29, 1.82) is 0 Å². The van der Waals surface area contributed by atoms with Gasteiger partial charge in [-0.15, -0.1) is 0 Å². The first kappa shape index (κ1) is 31.4. The first-order chi connectivity index (χ1) is 17.1. The number of hydrogen-bond acceptors (Lipinski definition) is 6. The van der Waals surface area contributed by atoms with Crippen LogP contribution in [-0.4, -0.2) is 53.3 Å². The molecule has 9 nitrogen and oxygen atoms in total. The molecule has 37 heavy (non-hydrogen) atoms. The van der Waals surface area contributed by atoms with Crippen molar-refractivity contribution < 1.29 is 24.2 Å². The molecule has 0 aromatic heterocycles. The molecular formula is C28H42N4O5. The summed E-state index contributed by atoms with van der Waals surface area (Å²) >= 11 is 0. The average Bonchev–Trinajstić information content (AvgIpc) is 2.76. The summed E-state index contributed by atoms with van der Waals surface area (Å²) in [4.78, 5) is 38.3. The van der Waals surface area contributed by atoms with Crippen molar-refractivity contribution in [3.05, 3.63) is 65.8 Å². The molecule has 0 saturated carbocycles. The summed E-state index contributed by atoms with van der Waals surface area (Å²) in [5.41, 5.74) is 8.45. The third kappa shape index (κ3) is 11.8. The molecular weight excluding hydrogens is 472 g/mol. The molecule has 204 valence electrons.